The predicted molar refractivity (Wildman–Crippen MR) is 78.7 cm³/mol. The van der Waals surface area contributed by atoms with Crippen LogP contribution in [0.4, 0.5) is 11.4 Å². The van der Waals surface area contributed by atoms with E-state index in [9.17, 15) is 29.8 Å². The van der Waals surface area contributed by atoms with Crippen LogP contribution in [0.25, 0.3) is 0 Å². The molecule has 0 atom stereocenters. The summed E-state index contributed by atoms with van der Waals surface area (Å²) in [7, 11) is 0. The molecule has 0 aliphatic rings. The molecule has 0 radical (unpaired) electrons. The van der Waals surface area contributed by atoms with Crippen LogP contribution >= 0.6 is 11.3 Å². The first-order valence-corrected chi connectivity index (χ1v) is 6.94. The molecule has 9 nitrogen and oxygen atoms in total. The van der Waals surface area contributed by atoms with Crippen molar-refractivity contribution >= 4 is 34.5 Å². The lowest BCUT2D eigenvalue weighted by Crippen LogP contribution is -2.13. The lowest BCUT2D eigenvalue weighted by Gasteiger charge is -2.03. The van der Waals surface area contributed by atoms with Crippen LogP contribution in [-0.2, 0) is 4.74 Å². The summed E-state index contributed by atoms with van der Waals surface area (Å²) in [5.41, 5.74) is -1.60. The van der Waals surface area contributed by atoms with Crippen molar-refractivity contribution in [2.45, 2.75) is 0 Å². The third-order valence-electron chi connectivity index (χ3n) is 2.69. The number of ketones is 1. The summed E-state index contributed by atoms with van der Waals surface area (Å²) >= 11 is 1.17. The predicted octanol–water partition coefficient (Wildman–Crippen LogP) is 2.60. The van der Waals surface area contributed by atoms with Crippen molar-refractivity contribution in [2.24, 2.45) is 0 Å². The van der Waals surface area contributed by atoms with E-state index in [0.717, 1.165) is 18.2 Å². The molecule has 0 N–H and O–H groups in total. The van der Waals surface area contributed by atoms with Gasteiger partial charge in [0.05, 0.1) is 26.4 Å². The van der Waals surface area contributed by atoms with Gasteiger partial charge in [-0.25, -0.2) is 4.79 Å². The van der Waals surface area contributed by atoms with E-state index < -0.39 is 39.6 Å². The van der Waals surface area contributed by atoms with Crippen LogP contribution in [0, 0.1) is 20.2 Å². The second kappa shape index (κ2) is 6.75. The van der Waals surface area contributed by atoms with Crippen molar-refractivity contribution in [3.05, 3.63) is 66.4 Å². The molecule has 0 saturated heterocycles. The first-order chi connectivity index (χ1) is 10.9. The highest BCUT2D eigenvalue weighted by molar-refractivity contribution is 7.12. The molecule has 23 heavy (non-hydrogen) atoms. The molecule has 118 valence electrons. The van der Waals surface area contributed by atoms with Gasteiger partial charge in [0.2, 0.25) is 5.78 Å². The molecule has 2 rings (SSSR count). The number of carbonyl (C=O) groups excluding carboxylic acids is 2. The zero-order valence-electron chi connectivity index (χ0n) is 11.3. The van der Waals surface area contributed by atoms with Gasteiger partial charge in [-0.05, 0) is 11.4 Å². The van der Waals surface area contributed by atoms with Crippen LogP contribution in [0.15, 0.2) is 35.7 Å². The van der Waals surface area contributed by atoms with Crippen molar-refractivity contribution in [2.75, 3.05) is 6.61 Å². The Labute approximate surface area is 132 Å². The summed E-state index contributed by atoms with van der Waals surface area (Å²) in [5, 5.41) is 23.2. The van der Waals surface area contributed by atoms with E-state index in [4.69, 9.17) is 4.74 Å². The number of hydrogen-bond acceptors (Lipinski definition) is 8. The lowest BCUT2D eigenvalue weighted by molar-refractivity contribution is -0.394. The molecule has 10 heteroatoms. The van der Waals surface area contributed by atoms with Crippen LogP contribution in [0.1, 0.15) is 20.0 Å². The molecule has 0 fully saturated rings. The number of non-ortho nitro benzene ring substituents is 2. The summed E-state index contributed by atoms with van der Waals surface area (Å²) in [6.45, 7) is -0.560. The number of hydrogen-bond donors (Lipinski definition) is 0. The number of nitrogens with zero attached hydrogens (tertiary/aromatic N) is 2. The molecule has 0 aliphatic heterocycles. The number of rotatable bonds is 6. The Morgan fingerprint density at radius 3 is 2.17 bits per heavy atom. The number of ether oxygens (including phenoxy) is 1. The number of Topliss-reactive ketones (excluding diaryl/α,β-unsaturated/α-hetero) is 1. The van der Waals surface area contributed by atoms with Crippen LogP contribution in [0.3, 0.4) is 0 Å². The van der Waals surface area contributed by atoms with Gasteiger partial charge in [0.15, 0.2) is 6.61 Å². The van der Waals surface area contributed by atoms with Crippen molar-refractivity contribution in [3.8, 4) is 0 Å². The summed E-state index contributed by atoms with van der Waals surface area (Å²) < 4.78 is 4.76. The average Bonchev–Trinajstić information content (AvgIpc) is 3.06. The molecule has 1 aromatic carbocycles. The van der Waals surface area contributed by atoms with Crippen LogP contribution in [0.2, 0.25) is 0 Å². The van der Waals surface area contributed by atoms with Gasteiger partial charge in [0, 0.05) is 12.1 Å². The number of esters is 1. The highest BCUT2D eigenvalue weighted by Crippen LogP contribution is 2.23. The molecule has 1 aromatic heterocycles. The number of nitro groups is 2. The second-order valence-corrected chi connectivity index (χ2v) is 5.18. The Morgan fingerprint density at radius 2 is 1.70 bits per heavy atom. The van der Waals surface area contributed by atoms with Gasteiger partial charge < -0.3 is 4.74 Å². The van der Waals surface area contributed by atoms with Gasteiger partial charge in [-0.2, -0.15) is 0 Å². The Kier molecular flexibility index (Phi) is 4.76. The zero-order valence-corrected chi connectivity index (χ0v) is 12.1. The molecular formula is C13H8N2O7S. The van der Waals surface area contributed by atoms with Crippen molar-refractivity contribution in [1.82, 2.24) is 0 Å². The first kappa shape index (κ1) is 16.2. The van der Waals surface area contributed by atoms with E-state index in [1.807, 2.05) is 0 Å². The van der Waals surface area contributed by atoms with Crippen molar-refractivity contribution in [1.29, 1.82) is 0 Å². The number of thiophene rings is 1. The average molecular weight is 336 g/mol. The first-order valence-electron chi connectivity index (χ1n) is 6.06. The normalized spacial score (nSPS) is 10.1. The maximum atomic E-state index is 11.9. The maximum Gasteiger partial charge on any atom is 0.339 e. The van der Waals surface area contributed by atoms with Crippen molar-refractivity contribution < 1.29 is 24.2 Å². The van der Waals surface area contributed by atoms with Crippen LogP contribution < -0.4 is 0 Å². The molecule has 0 bridgehead atoms. The highest BCUT2D eigenvalue weighted by atomic mass is 32.1. The highest BCUT2D eigenvalue weighted by Gasteiger charge is 2.21. The van der Waals surface area contributed by atoms with Gasteiger partial charge in [0.25, 0.3) is 11.4 Å². The lowest BCUT2D eigenvalue weighted by atomic mass is 10.2. The Bertz CT molecular complexity index is 753. The second-order valence-electron chi connectivity index (χ2n) is 4.23. The Balaban J connectivity index is 2.16. The largest absolute Gasteiger partial charge is 0.454 e. The summed E-state index contributed by atoms with van der Waals surface area (Å²) in [5.74, 6) is -1.49. The quantitative estimate of drug-likeness (QED) is 0.343. The topological polar surface area (TPSA) is 130 Å². The monoisotopic (exact) mass is 336 g/mol. The van der Waals surface area contributed by atoms with E-state index in [2.05, 4.69) is 0 Å². The summed E-state index contributed by atoms with van der Waals surface area (Å²) in [4.78, 5) is 43.7. The Hall–Kier alpha value is -3.14. The van der Waals surface area contributed by atoms with Gasteiger partial charge in [-0.3, -0.25) is 25.0 Å². The zero-order chi connectivity index (χ0) is 17.0. The minimum Gasteiger partial charge on any atom is -0.454 e. The van der Waals surface area contributed by atoms with E-state index in [-0.39, 0.29) is 5.56 Å². The molecule has 0 spiro atoms. The van der Waals surface area contributed by atoms with Gasteiger partial charge in [-0.15, -0.1) is 11.3 Å². The summed E-state index contributed by atoms with van der Waals surface area (Å²) in [6.07, 6.45) is 0. The van der Waals surface area contributed by atoms with E-state index in [1.54, 1.807) is 17.5 Å². The molecule has 2 aromatic rings. The smallest absolute Gasteiger partial charge is 0.339 e. The fourth-order valence-corrected chi connectivity index (χ4v) is 2.30. The minimum absolute atomic E-state index is 0.370. The SMILES string of the molecule is O=C(OCC(=O)c1cccs1)c1cc([N+](=O)[O-])cc([N+](=O)[O-])c1. The number of nitro benzene ring substituents is 2. The molecule has 1 heterocycles. The summed E-state index contributed by atoms with van der Waals surface area (Å²) in [6, 6.07) is 5.65. The number of carbonyl (C=O) groups is 2. The van der Waals surface area contributed by atoms with E-state index in [1.165, 1.54) is 11.3 Å². The maximum absolute atomic E-state index is 11.9. The van der Waals surface area contributed by atoms with E-state index >= 15 is 0 Å². The van der Waals surface area contributed by atoms with Crippen LogP contribution in [-0.4, -0.2) is 28.2 Å². The van der Waals surface area contributed by atoms with Gasteiger partial charge >= 0.3 is 5.97 Å². The van der Waals surface area contributed by atoms with Gasteiger partial charge in [-0.1, -0.05) is 6.07 Å². The van der Waals surface area contributed by atoms with E-state index in [0.29, 0.717) is 4.88 Å². The molecule has 0 unspecified atom stereocenters. The molecule has 0 aliphatic carbocycles. The third-order valence-corrected chi connectivity index (χ3v) is 3.60. The fourth-order valence-electron chi connectivity index (χ4n) is 1.65. The Morgan fingerprint density at radius 1 is 1.09 bits per heavy atom. The fraction of sp³-hybridized carbons (Fsp3) is 0.0769. The van der Waals surface area contributed by atoms with Crippen molar-refractivity contribution in [3.63, 3.8) is 0 Å². The molecule has 0 saturated carbocycles. The standard InChI is InChI=1S/C13H8N2O7S/c16-11(12-2-1-3-23-12)7-22-13(17)8-4-9(14(18)19)6-10(5-8)15(20)21/h1-6H,7H2. The molecular weight excluding hydrogens is 328 g/mol. The minimum atomic E-state index is -1.05. The number of benzene rings is 1. The van der Waals surface area contributed by atoms with Gasteiger partial charge in [0.1, 0.15) is 0 Å². The molecule has 0 amide bonds. The third kappa shape index (κ3) is 3.95. The van der Waals surface area contributed by atoms with Crippen LogP contribution in [0.5, 0.6) is 0 Å².